The lowest BCUT2D eigenvalue weighted by Gasteiger charge is -2.34. The van der Waals surface area contributed by atoms with E-state index >= 15 is 0 Å². The highest BCUT2D eigenvalue weighted by Gasteiger charge is 2.31. The summed E-state index contributed by atoms with van der Waals surface area (Å²) in [6.07, 6.45) is 6.74. The quantitative estimate of drug-likeness (QED) is 0.349. The maximum atomic E-state index is 13.6. The summed E-state index contributed by atoms with van der Waals surface area (Å²) >= 11 is 0. The highest BCUT2D eigenvalue weighted by atomic mass is 16.2. The number of para-hydroxylation sites is 2. The molecule has 0 spiro atoms. The van der Waals surface area contributed by atoms with Crippen molar-refractivity contribution in [3.63, 3.8) is 0 Å². The van der Waals surface area contributed by atoms with Gasteiger partial charge in [0.25, 0.3) is 0 Å². The Labute approximate surface area is 212 Å². The van der Waals surface area contributed by atoms with Crippen LogP contribution in [0.25, 0.3) is 17.1 Å². The van der Waals surface area contributed by atoms with Crippen LogP contribution >= 0.6 is 0 Å². The maximum Gasteiger partial charge on any atom is 0.246 e. The van der Waals surface area contributed by atoms with Crippen molar-refractivity contribution in [3.05, 3.63) is 107 Å². The van der Waals surface area contributed by atoms with E-state index in [1.165, 1.54) is 16.7 Å². The van der Waals surface area contributed by atoms with Gasteiger partial charge in [-0.2, -0.15) is 0 Å². The Morgan fingerprint density at radius 1 is 0.917 bits per heavy atom. The third-order valence-corrected chi connectivity index (χ3v) is 7.14. The summed E-state index contributed by atoms with van der Waals surface area (Å²) in [5.41, 5.74) is 7.07. The van der Waals surface area contributed by atoms with Gasteiger partial charge in [0, 0.05) is 26.1 Å². The van der Waals surface area contributed by atoms with Gasteiger partial charge in [0.2, 0.25) is 11.5 Å². The molecule has 1 aromatic heterocycles. The molecular weight excluding hydrogens is 444 g/mol. The average molecular weight is 479 g/mol. The van der Waals surface area contributed by atoms with Crippen molar-refractivity contribution in [2.24, 2.45) is 0 Å². The molecule has 0 radical (unpaired) electrons. The SMILES string of the molecule is Cc1ccc(C=CCCn2c(=N)n(C(Cc3ccc(C)cc3)C(=O)N3CCC3)c3ccccc32)cc1. The molecule has 1 atom stereocenters. The molecule has 2 heterocycles. The van der Waals surface area contributed by atoms with Gasteiger partial charge < -0.3 is 9.47 Å². The van der Waals surface area contributed by atoms with Gasteiger partial charge in [-0.3, -0.25) is 14.8 Å². The summed E-state index contributed by atoms with van der Waals surface area (Å²) in [4.78, 5) is 15.6. The fourth-order valence-electron chi connectivity index (χ4n) is 4.88. The first-order valence-electron chi connectivity index (χ1n) is 12.8. The molecule has 1 unspecified atom stereocenters. The van der Waals surface area contributed by atoms with E-state index in [9.17, 15) is 4.79 Å². The van der Waals surface area contributed by atoms with Gasteiger partial charge >= 0.3 is 0 Å². The Bertz CT molecular complexity index is 1440. The molecule has 36 heavy (non-hydrogen) atoms. The van der Waals surface area contributed by atoms with E-state index in [1.807, 2.05) is 32.2 Å². The topological polar surface area (TPSA) is 54.0 Å². The van der Waals surface area contributed by atoms with Crippen LogP contribution in [0.2, 0.25) is 0 Å². The van der Waals surface area contributed by atoms with Crippen molar-refractivity contribution in [2.75, 3.05) is 13.1 Å². The summed E-state index contributed by atoms with van der Waals surface area (Å²) in [5, 5.41) is 9.17. The molecule has 5 heteroatoms. The molecular formula is C31H34N4O. The van der Waals surface area contributed by atoms with E-state index in [-0.39, 0.29) is 5.91 Å². The highest BCUT2D eigenvalue weighted by molar-refractivity contribution is 5.85. The Kier molecular flexibility index (Phi) is 6.90. The van der Waals surface area contributed by atoms with Gasteiger partial charge in [-0.25, -0.2) is 0 Å². The minimum atomic E-state index is -0.435. The number of imidazole rings is 1. The monoisotopic (exact) mass is 478 g/mol. The number of carbonyl (C=O) groups excluding carboxylic acids is 1. The van der Waals surface area contributed by atoms with Crippen LogP contribution in [-0.4, -0.2) is 33.0 Å². The highest BCUT2D eigenvalue weighted by Crippen LogP contribution is 2.25. The summed E-state index contributed by atoms with van der Waals surface area (Å²) in [6.45, 7) is 6.46. The van der Waals surface area contributed by atoms with Crippen LogP contribution in [-0.2, 0) is 17.8 Å². The number of aryl methyl sites for hydroxylation is 3. The predicted molar refractivity (Wildman–Crippen MR) is 146 cm³/mol. The smallest absolute Gasteiger partial charge is 0.246 e. The predicted octanol–water partition coefficient (Wildman–Crippen LogP) is 5.66. The Morgan fingerprint density at radius 2 is 1.56 bits per heavy atom. The van der Waals surface area contributed by atoms with Gasteiger partial charge in [0.1, 0.15) is 6.04 Å². The Morgan fingerprint density at radius 3 is 2.19 bits per heavy atom. The molecule has 1 fully saturated rings. The van der Waals surface area contributed by atoms with Crippen molar-refractivity contribution in [1.29, 1.82) is 5.41 Å². The molecule has 1 aliphatic rings. The number of likely N-dealkylation sites (tertiary alicyclic amines) is 1. The standard InChI is InChI=1S/C31H34N4O/c1-23-11-15-25(16-12-23)8-5-6-21-34-27-9-3-4-10-28(27)35(31(34)32)29(30(36)33-19-7-20-33)22-26-17-13-24(2)14-18-26/h3-5,8-18,29,32H,6-7,19-22H2,1-2H3. The maximum absolute atomic E-state index is 13.6. The lowest BCUT2D eigenvalue weighted by Crippen LogP contribution is -2.47. The first-order chi connectivity index (χ1) is 17.5. The number of hydrogen-bond donors (Lipinski definition) is 1. The van der Waals surface area contributed by atoms with E-state index in [2.05, 4.69) is 80.6 Å². The molecule has 0 bridgehead atoms. The van der Waals surface area contributed by atoms with Crippen molar-refractivity contribution >= 4 is 23.0 Å². The van der Waals surface area contributed by atoms with Crippen LogP contribution in [0.15, 0.2) is 78.9 Å². The van der Waals surface area contributed by atoms with Crippen LogP contribution < -0.4 is 5.62 Å². The number of hydrogen-bond acceptors (Lipinski definition) is 2. The van der Waals surface area contributed by atoms with Crippen molar-refractivity contribution in [1.82, 2.24) is 14.0 Å². The number of nitrogens with one attached hydrogen (secondary N) is 1. The van der Waals surface area contributed by atoms with E-state index in [0.29, 0.717) is 18.6 Å². The first-order valence-corrected chi connectivity index (χ1v) is 12.8. The van der Waals surface area contributed by atoms with Crippen LogP contribution in [0.5, 0.6) is 0 Å². The molecule has 5 nitrogen and oxygen atoms in total. The zero-order chi connectivity index (χ0) is 25.1. The molecule has 1 aliphatic heterocycles. The van der Waals surface area contributed by atoms with Crippen LogP contribution in [0.3, 0.4) is 0 Å². The third kappa shape index (κ3) is 4.92. The van der Waals surface area contributed by atoms with Crippen LogP contribution in [0.4, 0.5) is 0 Å². The molecule has 0 aliphatic carbocycles. The second-order valence-corrected chi connectivity index (χ2v) is 9.82. The van der Waals surface area contributed by atoms with E-state index < -0.39 is 6.04 Å². The van der Waals surface area contributed by atoms with Crippen LogP contribution in [0, 0.1) is 19.3 Å². The van der Waals surface area contributed by atoms with E-state index in [0.717, 1.165) is 42.5 Å². The van der Waals surface area contributed by atoms with Crippen LogP contribution in [0.1, 0.15) is 41.1 Å². The molecule has 184 valence electrons. The Balaban J connectivity index is 1.47. The second-order valence-electron chi connectivity index (χ2n) is 9.82. The molecule has 5 rings (SSSR count). The molecule has 1 N–H and O–H groups in total. The number of fused-ring (bicyclic) bond motifs is 1. The summed E-state index contributed by atoms with van der Waals surface area (Å²) in [7, 11) is 0. The second kappa shape index (κ2) is 10.4. The molecule has 1 saturated heterocycles. The zero-order valence-corrected chi connectivity index (χ0v) is 21.2. The first kappa shape index (κ1) is 23.9. The van der Waals surface area contributed by atoms with Gasteiger partial charge in [-0.05, 0) is 49.9 Å². The van der Waals surface area contributed by atoms with Gasteiger partial charge in [0.05, 0.1) is 11.0 Å². The van der Waals surface area contributed by atoms with Gasteiger partial charge in [-0.15, -0.1) is 0 Å². The summed E-state index contributed by atoms with van der Waals surface area (Å²) in [6, 6.07) is 24.5. The van der Waals surface area contributed by atoms with E-state index in [1.54, 1.807) is 0 Å². The van der Waals surface area contributed by atoms with E-state index in [4.69, 9.17) is 5.41 Å². The molecule has 4 aromatic rings. The zero-order valence-electron chi connectivity index (χ0n) is 21.2. The van der Waals surface area contributed by atoms with Crippen molar-refractivity contribution in [2.45, 2.75) is 45.7 Å². The number of rotatable bonds is 8. The number of allylic oxidation sites excluding steroid dienone is 1. The molecule has 0 saturated carbocycles. The number of aromatic nitrogens is 2. The minimum absolute atomic E-state index is 0.113. The van der Waals surface area contributed by atoms with Crippen molar-refractivity contribution in [3.8, 4) is 0 Å². The number of carbonyl (C=O) groups is 1. The molecule has 3 aromatic carbocycles. The van der Waals surface area contributed by atoms with Crippen molar-refractivity contribution < 1.29 is 4.79 Å². The van der Waals surface area contributed by atoms with Gasteiger partial charge in [0.15, 0.2) is 0 Å². The largest absolute Gasteiger partial charge is 0.341 e. The number of benzene rings is 3. The minimum Gasteiger partial charge on any atom is -0.341 e. The normalized spacial score (nSPS) is 14.3. The lowest BCUT2D eigenvalue weighted by atomic mass is 10.0. The lowest BCUT2D eigenvalue weighted by molar-refractivity contribution is -0.138. The number of nitrogens with zero attached hydrogens (tertiary/aromatic N) is 3. The number of amides is 1. The third-order valence-electron chi connectivity index (χ3n) is 7.14. The van der Waals surface area contributed by atoms with Gasteiger partial charge in [-0.1, -0.05) is 83.9 Å². The fraction of sp³-hybridized carbons (Fsp3) is 0.290. The molecule has 1 amide bonds. The Hall–Kier alpha value is -3.86. The average Bonchev–Trinajstić information content (AvgIpc) is 3.12. The summed E-state index contributed by atoms with van der Waals surface area (Å²) < 4.78 is 4.00. The summed E-state index contributed by atoms with van der Waals surface area (Å²) in [5.74, 6) is 0.113. The fourth-order valence-corrected chi connectivity index (χ4v) is 4.88.